The second-order valence-corrected chi connectivity index (χ2v) is 6.06. The van der Waals surface area contributed by atoms with Gasteiger partial charge in [0.2, 0.25) is 5.95 Å². The lowest BCUT2D eigenvalue weighted by Crippen LogP contribution is -2.11. The van der Waals surface area contributed by atoms with Crippen molar-refractivity contribution >= 4 is 16.7 Å². The predicted molar refractivity (Wildman–Crippen MR) is 80.1 cm³/mol. The summed E-state index contributed by atoms with van der Waals surface area (Å²) in [6, 6.07) is 0. The molecule has 1 unspecified atom stereocenters. The highest BCUT2D eigenvalue weighted by Crippen LogP contribution is 2.09. The van der Waals surface area contributed by atoms with Crippen LogP contribution < -0.4 is 5.32 Å². The molecule has 0 fully saturated rings. The average Bonchev–Trinajstić information content (AvgIpc) is 2.69. The van der Waals surface area contributed by atoms with E-state index in [1.165, 1.54) is 0 Å². The van der Waals surface area contributed by atoms with Crippen LogP contribution >= 0.6 is 0 Å². The van der Waals surface area contributed by atoms with Gasteiger partial charge in [-0.2, -0.15) is 0 Å². The summed E-state index contributed by atoms with van der Waals surface area (Å²) in [5.74, 6) is 1.64. The minimum absolute atomic E-state index is 0.719. The Morgan fingerprint density at radius 2 is 2.26 bits per heavy atom. The van der Waals surface area contributed by atoms with Crippen LogP contribution in [0.1, 0.15) is 25.5 Å². The highest BCUT2D eigenvalue weighted by Gasteiger charge is 2.05. The predicted octanol–water partition coefficient (Wildman–Crippen LogP) is 1.80. The van der Waals surface area contributed by atoms with Gasteiger partial charge in [-0.3, -0.25) is 4.21 Å². The van der Waals surface area contributed by atoms with Gasteiger partial charge in [-0.1, -0.05) is 0 Å². The average molecular weight is 287 g/mol. The third-order valence-corrected chi connectivity index (χ3v) is 3.54. The number of hydrogen-bond acceptors (Lipinski definition) is 4. The molecular weight excluding hydrogens is 262 g/mol. The minimum atomic E-state index is -0.719. The molecule has 0 saturated heterocycles. The third-order valence-electron chi connectivity index (χ3n) is 2.68. The first-order chi connectivity index (χ1) is 9.13. The summed E-state index contributed by atoms with van der Waals surface area (Å²) in [7, 11) is -0.719. The van der Waals surface area contributed by atoms with Crippen molar-refractivity contribution in [2.45, 2.75) is 33.2 Å². The second kappa shape index (κ2) is 9.09. The largest absolute Gasteiger partial charge is 0.382 e. The maximum absolute atomic E-state index is 11.1. The van der Waals surface area contributed by atoms with E-state index in [1.54, 1.807) is 6.26 Å². The van der Waals surface area contributed by atoms with Crippen LogP contribution in [0.25, 0.3) is 0 Å². The number of anilines is 1. The summed E-state index contributed by atoms with van der Waals surface area (Å²) >= 11 is 0. The minimum Gasteiger partial charge on any atom is -0.382 e. The molecule has 0 saturated carbocycles. The lowest BCUT2D eigenvalue weighted by molar-refractivity contribution is 0.147. The van der Waals surface area contributed by atoms with Crippen molar-refractivity contribution in [1.29, 1.82) is 0 Å². The highest BCUT2D eigenvalue weighted by atomic mass is 32.2. The molecule has 1 atom stereocenters. The molecule has 0 aromatic carbocycles. The molecule has 0 bridgehead atoms. The monoisotopic (exact) mass is 287 g/mol. The number of aryl methyl sites for hydroxylation is 2. The van der Waals surface area contributed by atoms with Crippen LogP contribution in [-0.4, -0.2) is 45.5 Å². The van der Waals surface area contributed by atoms with Gasteiger partial charge in [-0.25, -0.2) is 4.98 Å². The van der Waals surface area contributed by atoms with Gasteiger partial charge in [0.1, 0.15) is 0 Å². The molecule has 5 nitrogen and oxygen atoms in total. The molecule has 1 rings (SSSR count). The number of nitrogens with one attached hydrogen (secondary N) is 1. The standard InChI is InChI=1S/C13H25N3O2S/c1-4-18-9-5-7-14-13-15-12(2)11-16(13)8-6-10-19(3)17/h11H,4-10H2,1-3H3,(H,14,15). The van der Waals surface area contributed by atoms with E-state index in [1.807, 2.05) is 20.0 Å². The van der Waals surface area contributed by atoms with Crippen LogP contribution in [0, 0.1) is 6.92 Å². The molecule has 0 spiro atoms. The number of nitrogens with zero attached hydrogens (tertiary/aromatic N) is 2. The van der Waals surface area contributed by atoms with Crippen LogP contribution in [0.3, 0.4) is 0 Å². The zero-order valence-corrected chi connectivity index (χ0v) is 13.0. The number of aromatic nitrogens is 2. The van der Waals surface area contributed by atoms with E-state index in [-0.39, 0.29) is 0 Å². The summed E-state index contributed by atoms with van der Waals surface area (Å²) in [6.45, 7) is 7.24. The van der Waals surface area contributed by atoms with Crippen LogP contribution in [-0.2, 0) is 22.1 Å². The van der Waals surface area contributed by atoms with Crippen molar-refractivity contribution < 1.29 is 8.95 Å². The molecule has 0 aliphatic carbocycles. The molecule has 1 N–H and O–H groups in total. The van der Waals surface area contributed by atoms with Crippen LogP contribution in [0.5, 0.6) is 0 Å². The Morgan fingerprint density at radius 3 is 2.95 bits per heavy atom. The third kappa shape index (κ3) is 6.73. The fourth-order valence-corrected chi connectivity index (χ4v) is 2.35. The second-order valence-electron chi connectivity index (χ2n) is 4.51. The van der Waals surface area contributed by atoms with Gasteiger partial charge in [0.25, 0.3) is 0 Å². The van der Waals surface area contributed by atoms with Crippen LogP contribution in [0.2, 0.25) is 0 Å². The van der Waals surface area contributed by atoms with Gasteiger partial charge in [0.05, 0.1) is 5.69 Å². The number of hydrogen-bond donors (Lipinski definition) is 1. The van der Waals surface area contributed by atoms with E-state index >= 15 is 0 Å². The first kappa shape index (κ1) is 16.2. The zero-order valence-electron chi connectivity index (χ0n) is 12.1. The summed E-state index contributed by atoms with van der Waals surface area (Å²) < 4.78 is 18.5. The number of ether oxygens (including phenoxy) is 1. The normalized spacial score (nSPS) is 12.6. The molecule has 19 heavy (non-hydrogen) atoms. The molecule has 110 valence electrons. The number of imidazole rings is 1. The Balaban J connectivity index is 2.37. The van der Waals surface area contributed by atoms with Crippen molar-refractivity contribution in [2.75, 3.05) is 37.1 Å². The lowest BCUT2D eigenvalue weighted by atomic mass is 10.4. The van der Waals surface area contributed by atoms with Crippen molar-refractivity contribution in [3.63, 3.8) is 0 Å². The molecule has 0 aliphatic rings. The lowest BCUT2D eigenvalue weighted by Gasteiger charge is -2.09. The Bertz CT molecular complexity index is 393. The topological polar surface area (TPSA) is 56.1 Å². The zero-order chi connectivity index (χ0) is 14.1. The fraction of sp³-hybridized carbons (Fsp3) is 0.769. The van der Waals surface area contributed by atoms with Gasteiger partial charge in [0.15, 0.2) is 0 Å². The molecule has 0 amide bonds. The van der Waals surface area contributed by atoms with E-state index in [0.717, 1.165) is 56.5 Å². The Labute approximate surface area is 118 Å². The Morgan fingerprint density at radius 1 is 1.47 bits per heavy atom. The number of rotatable bonds is 10. The van der Waals surface area contributed by atoms with Crippen molar-refractivity contribution in [3.8, 4) is 0 Å². The van der Waals surface area contributed by atoms with Crippen LogP contribution in [0.15, 0.2) is 6.20 Å². The van der Waals surface area contributed by atoms with Crippen molar-refractivity contribution in [2.24, 2.45) is 0 Å². The molecule has 1 aromatic rings. The first-order valence-electron chi connectivity index (χ1n) is 6.79. The molecule has 1 aromatic heterocycles. The summed E-state index contributed by atoms with van der Waals surface area (Å²) in [6.07, 6.45) is 5.65. The molecule has 0 radical (unpaired) electrons. The van der Waals surface area contributed by atoms with E-state index < -0.39 is 10.8 Å². The molecule has 6 heteroatoms. The van der Waals surface area contributed by atoms with Gasteiger partial charge >= 0.3 is 0 Å². The molecule has 1 heterocycles. The van der Waals surface area contributed by atoms with E-state index in [4.69, 9.17) is 4.74 Å². The summed E-state index contributed by atoms with van der Waals surface area (Å²) in [4.78, 5) is 4.46. The van der Waals surface area contributed by atoms with Gasteiger partial charge in [0, 0.05) is 55.3 Å². The quantitative estimate of drug-likeness (QED) is 0.667. The summed E-state index contributed by atoms with van der Waals surface area (Å²) in [5.41, 5.74) is 1.00. The smallest absolute Gasteiger partial charge is 0.203 e. The SMILES string of the molecule is CCOCCCNc1nc(C)cn1CCCS(C)=O. The van der Waals surface area contributed by atoms with Gasteiger partial charge < -0.3 is 14.6 Å². The molecule has 0 aliphatic heterocycles. The van der Waals surface area contributed by atoms with E-state index in [9.17, 15) is 4.21 Å². The molecular formula is C13H25N3O2S. The van der Waals surface area contributed by atoms with E-state index in [2.05, 4.69) is 14.9 Å². The maximum Gasteiger partial charge on any atom is 0.203 e. The Hall–Kier alpha value is -0.880. The van der Waals surface area contributed by atoms with Crippen LogP contribution in [0.4, 0.5) is 5.95 Å². The summed E-state index contributed by atoms with van der Waals surface area (Å²) in [5, 5.41) is 3.33. The fourth-order valence-electron chi connectivity index (χ4n) is 1.82. The highest BCUT2D eigenvalue weighted by molar-refractivity contribution is 7.84. The Kier molecular flexibility index (Phi) is 7.74. The van der Waals surface area contributed by atoms with Gasteiger partial charge in [-0.15, -0.1) is 0 Å². The first-order valence-corrected chi connectivity index (χ1v) is 8.51. The van der Waals surface area contributed by atoms with Crippen molar-refractivity contribution in [1.82, 2.24) is 9.55 Å². The van der Waals surface area contributed by atoms with E-state index in [0.29, 0.717) is 0 Å². The maximum atomic E-state index is 11.1. The van der Waals surface area contributed by atoms with Crippen molar-refractivity contribution in [3.05, 3.63) is 11.9 Å². The van der Waals surface area contributed by atoms with Gasteiger partial charge in [-0.05, 0) is 26.7 Å².